The zero-order valence-electron chi connectivity index (χ0n) is 15.2. The molecule has 1 fully saturated rings. The Morgan fingerprint density at radius 1 is 1.30 bits per heavy atom. The van der Waals surface area contributed by atoms with Crippen LogP contribution in [0.25, 0.3) is 0 Å². The Labute approximate surface area is 170 Å². The van der Waals surface area contributed by atoms with Crippen LogP contribution in [0.2, 0.25) is 0 Å². The lowest BCUT2D eigenvalue weighted by molar-refractivity contribution is 0.0602. The van der Waals surface area contributed by atoms with Gasteiger partial charge in [0.15, 0.2) is 0 Å². The van der Waals surface area contributed by atoms with Crippen LogP contribution in [0.5, 0.6) is 0 Å². The number of aryl methyl sites for hydroxylation is 1. The molecule has 3 rings (SSSR count). The number of carbonyl (C=O) groups excluding carboxylic acids is 1. The Morgan fingerprint density at radius 3 is 2.63 bits per heavy atom. The van der Waals surface area contributed by atoms with Crippen molar-refractivity contribution < 1.29 is 17.9 Å². The molecule has 0 amide bonds. The van der Waals surface area contributed by atoms with Gasteiger partial charge >= 0.3 is 5.97 Å². The van der Waals surface area contributed by atoms with Crippen molar-refractivity contribution in [3.05, 3.63) is 51.7 Å². The van der Waals surface area contributed by atoms with Gasteiger partial charge in [0.1, 0.15) is 9.77 Å². The molecule has 0 aliphatic carbocycles. The number of hydrogen-bond donors (Lipinski definition) is 1. The minimum absolute atomic E-state index is 0. The van der Waals surface area contributed by atoms with Crippen LogP contribution in [0.1, 0.15) is 33.8 Å². The number of ether oxygens (including phenoxy) is 1. The van der Waals surface area contributed by atoms with Crippen molar-refractivity contribution in [2.45, 2.75) is 24.3 Å². The number of nitrogens with one attached hydrogen (secondary N) is 1. The van der Waals surface area contributed by atoms with Crippen molar-refractivity contribution in [2.75, 3.05) is 26.7 Å². The number of piperazine rings is 1. The van der Waals surface area contributed by atoms with E-state index in [1.54, 1.807) is 5.38 Å². The van der Waals surface area contributed by atoms with E-state index in [4.69, 9.17) is 4.74 Å². The molecule has 1 unspecified atom stereocenters. The first-order chi connectivity index (χ1) is 12.5. The number of methoxy groups -OCH3 is 1. The average molecular weight is 431 g/mol. The molecule has 148 valence electrons. The van der Waals surface area contributed by atoms with Gasteiger partial charge < -0.3 is 10.1 Å². The SMILES string of the molecule is CCc1ccc(C2CNCCN2S(=O)(=O)c2ccsc2C(=O)OC)cc1.Cl. The van der Waals surface area contributed by atoms with E-state index in [0.29, 0.717) is 19.6 Å². The molecule has 1 aliphatic rings. The van der Waals surface area contributed by atoms with Gasteiger partial charge in [0, 0.05) is 19.6 Å². The molecule has 2 heterocycles. The maximum Gasteiger partial charge on any atom is 0.349 e. The monoisotopic (exact) mass is 430 g/mol. The van der Waals surface area contributed by atoms with Crippen molar-refractivity contribution in [3.63, 3.8) is 0 Å². The molecule has 0 bridgehead atoms. The summed E-state index contributed by atoms with van der Waals surface area (Å²) in [5, 5.41) is 4.87. The summed E-state index contributed by atoms with van der Waals surface area (Å²) in [4.78, 5) is 12.1. The Hall–Kier alpha value is -1.45. The molecule has 2 aromatic rings. The van der Waals surface area contributed by atoms with Gasteiger partial charge in [-0.25, -0.2) is 13.2 Å². The summed E-state index contributed by atoms with van der Waals surface area (Å²) >= 11 is 1.08. The molecule has 27 heavy (non-hydrogen) atoms. The van der Waals surface area contributed by atoms with Crippen molar-refractivity contribution in [1.82, 2.24) is 9.62 Å². The van der Waals surface area contributed by atoms with E-state index in [1.807, 2.05) is 24.3 Å². The van der Waals surface area contributed by atoms with Gasteiger partial charge in [0.25, 0.3) is 0 Å². The van der Waals surface area contributed by atoms with Crippen LogP contribution in [-0.4, -0.2) is 45.4 Å². The summed E-state index contributed by atoms with van der Waals surface area (Å²) in [7, 11) is -2.56. The maximum absolute atomic E-state index is 13.3. The predicted octanol–water partition coefficient (Wildman–Crippen LogP) is 2.85. The van der Waals surface area contributed by atoms with E-state index in [9.17, 15) is 13.2 Å². The number of rotatable bonds is 5. The van der Waals surface area contributed by atoms with E-state index in [2.05, 4.69) is 12.2 Å². The minimum Gasteiger partial charge on any atom is -0.465 e. The normalized spacial score (nSPS) is 17.9. The fraction of sp³-hybridized carbons (Fsp3) is 0.389. The molecular formula is C18H23ClN2O4S2. The molecule has 9 heteroatoms. The second kappa shape index (κ2) is 9.16. The number of carbonyl (C=O) groups is 1. The maximum atomic E-state index is 13.3. The molecule has 1 saturated heterocycles. The van der Waals surface area contributed by atoms with Gasteiger partial charge in [0.05, 0.1) is 13.2 Å². The molecule has 1 aromatic heterocycles. The second-order valence-corrected chi connectivity index (χ2v) is 8.81. The van der Waals surface area contributed by atoms with Crippen molar-refractivity contribution >= 4 is 39.7 Å². The van der Waals surface area contributed by atoms with Gasteiger partial charge in [0.2, 0.25) is 10.0 Å². The summed E-state index contributed by atoms with van der Waals surface area (Å²) in [6, 6.07) is 9.18. The molecule has 1 aliphatic heterocycles. The highest BCUT2D eigenvalue weighted by Crippen LogP contribution is 2.32. The highest BCUT2D eigenvalue weighted by atomic mass is 35.5. The van der Waals surface area contributed by atoms with E-state index in [0.717, 1.165) is 23.3 Å². The first kappa shape index (κ1) is 21.8. The lowest BCUT2D eigenvalue weighted by Crippen LogP contribution is -2.48. The highest BCUT2D eigenvalue weighted by molar-refractivity contribution is 7.89. The first-order valence-corrected chi connectivity index (χ1v) is 10.8. The average Bonchev–Trinajstić information content (AvgIpc) is 3.18. The summed E-state index contributed by atoms with van der Waals surface area (Å²) in [6.45, 7) is 3.53. The van der Waals surface area contributed by atoms with Crippen LogP contribution in [-0.2, 0) is 21.2 Å². The van der Waals surface area contributed by atoms with E-state index in [1.165, 1.54) is 23.0 Å². The highest BCUT2D eigenvalue weighted by Gasteiger charge is 2.37. The topological polar surface area (TPSA) is 75.7 Å². The van der Waals surface area contributed by atoms with Crippen molar-refractivity contribution in [2.24, 2.45) is 0 Å². The number of hydrogen-bond acceptors (Lipinski definition) is 6. The second-order valence-electron chi connectivity index (χ2n) is 6.04. The predicted molar refractivity (Wildman–Crippen MR) is 108 cm³/mol. The zero-order valence-corrected chi connectivity index (χ0v) is 17.6. The van der Waals surface area contributed by atoms with E-state index < -0.39 is 16.0 Å². The lowest BCUT2D eigenvalue weighted by Gasteiger charge is -2.35. The molecule has 1 atom stereocenters. The van der Waals surface area contributed by atoms with Crippen molar-refractivity contribution in [3.8, 4) is 0 Å². The summed E-state index contributed by atoms with van der Waals surface area (Å²) in [6.07, 6.45) is 0.933. The third-order valence-corrected chi connectivity index (χ3v) is 7.53. The summed E-state index contributed by atoms with van der Waals surface area (Å²) < 4.78 is 32.8. The Bertz CT molecular complexity index is 881. The van der Waals surface area contributed by atoms with Crippen molar-refractivity contribution in [1.29, 1.82) is 0 Å². The molecule has 1 aromatic carbocycles. The lowest BCUT2D eigenvalue weighted by atomic mass is 10.0. The number of esters is 1. The Kier molecular flexibility index (Phi) is 7.41. The fourth-order valence-electron chi connectivity index (χ4n) is 3.10. The zero-order chi connectivity index (χ0) is 18.7. The molecule has 0 radical (unpaired) electrons. The van der Waals surface area contributed by atoms with Crippen LogP contribution in [0.15, 0.2) is 40.6 Å². The number of benzene rings is 1. The van der Waals surface area contributed by atoms with E-state index >= 15 is 0 Å². The Balaban J connectivity index is 0.00000261. The van der Waals surface area contributed by atoms with Gasteiger partial charge in [-0.05, 0) is 29.0 Å². The van der Waals surface area contributed by atoms with E-state index in [-0.39, 0.29) is 28.2 Å². The van der Waals surface area contributed by atoms with Crippen LogP contribution in [0, 0.1) is 0 Å². The van der Waals surface area contributed by atoms with Gasteiger partial charge in [-0.2, -0.15) is 4.31 Å². The third-order valence-electron chi connectivity index (χ3n) is 4.55. The third kappa shape index (κ3) is 4.35. The fourth-order valence-corrected chi connectivity index (χ4v) is 6.03. The quantitative estimate of drug-likeness (QED) is 0.738. The summed E-state index contributed by atoms with van der Waals surface area (Å²) in [5.74, 6) is -0.627. The van der Waals surface area contributed by atoms with Crippen LogP contribution in [0.3, 0.4) is 0 Å². The molecule has 1 N–H and O–H groups in total. The van der Waals surface area contributed by atoms with Crippen LogP contribution >= 0.6 is 23.7 Å². The van der Waals surface area contributed by atoms with Gasteiger partial charge in [-0.15, -0.1) is 23.7 Å². The standard InChI is InChI=1S/C18H22N2O4S2.ClH/c1-3-13-4-6-14(7-5-13)15-12-19-9-10-20(15)26(22,23)16-8-11-25-17(16)18(21)24-2;/h4-8,11,15,19H,3,9-10,12H2,1-2H3;1H. The minimum atomic E-state index is -3.81. The Morgan fingerprint density at radius 2 is 2.00 bits per heavy atom. The van der Waals surface area contributed by atoms with Crippen LogP contribution < -0.4 is 5.32 Å². The smallest absolute Gasteiger partial charge is 0.349 e. The number of nitrogens with zero attached hydrogens (tertiary/aromatic N) is 1. The number of halogens is 1. The molecular weight excluding hydrogens is 408 g/mol. The number of thiophene rings is 1. The molecule has 0 spiro atoms. The first-order valence-electron chi connectivity index (χ1n) is 8.46. The molecule has 0 saturated carbocycles. The summed E-state index contributed by atoms with van der Waals surface area (Å²) in [5.41, 5.74) is 2.14. The van der Waals surface area contributed by atoms with Crippen LogP contribution in [0.4, 0.5) is 0 Å². The van der Waals surface area contributed by atoms with Gasteiger partial charge in [-0.1, -0.05) is 31.2 Å². The number of sulfonamides is 1. The largest absolute Gasteiger partial charge is 0.465 e. The molecule has 6 nitrogen and oxygen atoms in total. The van der Waals surface area contributed by atoms with Gasteiger partial charge in [-0.3, -0.25) is 0 Å².